The number of methoxy groups -OCH3 is 1. The third kappa shape index (κ3) is 4.44. The lowest BCUT2D eigenvalue weighted by Gasteiger charge is -2.23. The Balaban J connectivity index is 1.76. The van der Waals surface area contributed by atoms with Crippen molar-refractivity contribution < 1.29 is 14.3 Å². The average molecular weight is 264 g/mol. The minimum atomic E-state index is -0.352. The Labute approximate surface area is 113 Å². The molecule has 1 aliphatic rings. The zero-order chi connectivity index (χ0) is 13.5. The van der Waals surface area contributed by atoms with E-state index in [-0.39, 0.29) is 18.7 Å². The Morgan fingerprint density at radius 3 is 2.95 bits per heavy atom. The van der Waals surface area contributed by atoms with E-state index in [2.05, 4.69) is 10.6 Å². The van der Waals surface area contributed by atoms with Gasteiger partial charge in [0.25, 0.3) is 0 Å². The molecule has 19 heavy (non-hydrogen) atoms. The van der Waals surface area contributed by atoms with Crippen molar-refractivity contribution in [3.8, 4) is 5.75 Å². The van der Waals surface area contributed by atoms with Gasteiger partial charge < -0.3 is 20.1 Å². The Morgan fingerprint density at radius 2 is 2.21 bits per heavy atom. The fourth-order valence-corrected chi connectivity index (χ4v) is 2.09. The molecule has 104 valence electrons. The number of benzene rings is 1. The molecule has 0 atom stereocenters. The molecule has 0 aromatic heterocycles. The largest absolute Gasteiger partial charge is 0.497 e. The third-order valence-electron chi connectivity index (χ3n) is 3.17. The molecule has 0 radical (unpaired) electrons. The minimum Gasteiger partial charge on any atom is -0.497 e. The summed E-state index contributed by atoms with van der Waals surface area (Å²) in [5, 5.41) is 6.14. The summed E-state index contributed by atoms with van der Waals surface area (Å²) >= 11 is 0. The lowest BCUT2D eigenvalue weighted by atomic mass is 10.1. The third-order valence-corrected chi connectivity index (χ3v) is 3.17. The predicted molar refractivity (Wildman–Crippen MR) is 72.2 cm³/mol. The maximum Gasteiger partial charge on any atom is 0.407 e. The number of hydrogen-bond acceptors (Lipinski definition) is 4. The first kappa shape index (κ1) is 13.7. The van der Waals surface area contributed by atoms with Crippen LogP contribution >= 0.6 is 0 Å². The zero-order valence-electron chi connectivity index (χ0n) is 11.1. The fourth-order valence-electron chi connectivity index (χ4n) is 2.09. The Morgan fingerprint density at radius 1 is 1.42 bits per heavy atom. The fraction of sp³-hybridized carbons (Fsp3) is 0.500. The van der Waals surface area contributed by atoms with E-state index in [1.54, 1.807) is 7.11 Å². The summed E-state index contributed by atoms with van der Waals surface area (Å²) in [4.78, 5) is 11.7. The second kappa shape index (κ2) is 6.99. The summed E-state index contributed by atoms with van der Waals surface area (Å²) in [6.07, 6.45) is 1.55. The molecule has 1 aliphatic heterocycles. The number of nitrogens with one attached hydrogen (secondary N) is 2. The highest BCUT2D eigenvalue weighted by Gasteiger charge is 2.15. The second-order valence-electron chi connectivity index (χ2n) is 4.60. The quantitative estimate of drug-likeness (QED) is 0.868. The molecule has 0 saturated carbocycles. The Hall–Kier alpha value is -1.75. The standard InChI is InChI=1S/C14H20N2O3/c1-18-13-4-2-3-11(9-13)10-19-14(17)16-12-5-7-15-8-6-12/h2-4,9,12,15H,5-8,10H2,1H3,(H,16,17). The zero-order valence-corrected chi connectivity index (χ0v) is 11.1. The molecule has 1 amide bonds. The van der Waals surface area contributed by atoms with E-state index >= 15 is 0 Å². The molecule has 0 aliphatic carbocycles. The topological polar surface area (TPSA) is 59.6 Å². The van der Waals surface area contributed by atoms with Gasteiger partial charge in [0.1, 0.15) is 12.4 Å². The van der Waals surface area contributed by atoms with Crippen LogP contribution in [-0.4, -0.2) is 32.3 Å². The molecule has 2 rings (SSSR count). The minimum absolute atomic E-state index is 0.221. The van der Waals surface area contributed by atoms with Crippen molar-refractivity contribution in [3.05, 3.63) is 29.8 Å². The van der Waals surface area contributed by atoms with Crippen LogP contribution in [-0.2, 0) is 11.3 Å². The summed E-state index contributed by atoms with van der Waals surface area (Å²) in [7, 11) is 1.61. The molecule has 1 saturated heterocycles. The van der Waals surface area contributed by atoms with Crippen molar-refractivity contribution in [1.29, 1.82) is 0 Å². The van der Waals surface area contributed by atoms with Crippen molar-refractivity contribution >= 4 is 6.09 Å². The van der Waals surface area contributed by atoms with E-state index in [0.717, 1.165) is 37.2 Å². The molecule has 1 aromatic rings. The van der Waals surface area contributed by atoms with E-state index in [4.69, 9.17) is 9.47 Å². The summed E-state index contributed by atoms with van der Waals surface area (Å²) in [6, 6.07) is 7.72. The Bertz CT molecular complexity index is 417. The number of rotatable bonds is 4. The van der Waals surface area contributed by atoms with E-state index in [1.165, 1.54) is 0 Å². The first-order chi connectivity index (χ1) is 9.28. The van der Waals surface area contributed by atoms with Gasteiger partial charge in [-0.3, -0.25) is 0 Å². The van der Waals surface area contributed by atoms with Gasteiger partial charge in [0, 0.05) is 6.04 Å². The molecule has 5 nitrogen and oxygen atoms in total. The van der Waals surface area contributed by atoms with Crippen molar-refractivity contribution in [1.82, 2.24) is 10.6 Å². The van der Waals surface area contributed by atoms with Crippen LogP contribution in [0.1, 0.15) is 18.4 Å². The van der Waals surface area contributed by atoms with Crippen molar-refractivity contribution in [2.24, 2.45) is 0 Å². The van der Waals surface area contributed by atoms with Crippen LogP contribution < -0.4 is 15.4 Å². The van der Waals surface area contributed by atoms with E-state index in [0.29, 0.717) is 0 Å². The maximum absolute atomic E-state index is 11.7. The van der Waals surface area contributed by atoms with Crippen molar-refractivity contribution in [3.63, 3.8) is 0 Å². The van der Waals surface area contributed by atoms with E-state index in [1.807, 2.05) is 24.3 Å². The summed E-state index contributed by atoms with van der Waals surface area (Å²) in [5.41, 5.74) is 0.916. The van der Waals surface area contributed by atoms with Crippen LogP contribution in [0.3, 0.4) is 0 Å². The predicted octanol–water partition coefficient (Wildman–Crippen LogP) is 1.67. The first-order valence-corrected chi connectivity index (χ1v) is 6.55. The van der Waals surface area contributed by atoms with E-state index in [9.17, 15) is 4.79 Å². The number of alkyl carbamates (subject to hydrolysis) is 1. The number of amides is 1. The normalized spacial score (nSPS) is 15.8. The lowest BCUT2D eigenvalue weighted by molar-refractivity contribution is 0.133. The van der Waals surface area contributed by atoms with Crippen LogP contribution in [0.15, 0.2) is 24.3 Å². The number of ether oxygens (including phenoxy) is 2. The van der Waals surface area contributed by atoms with Gasteiger partial charge in [-0.05, 0) is 43.6 Å². The van der Waals surface area contributed by atoms with Gasteiger partial charge in [0.05, 0.1) is 7.11 Å². The van der Waals surface area contributed by atoms with Crippen LogP contribution in [0.4, 0.5) is 4.79 Å². The van der Waals surface area contributed by atoms with Gasteiger partial charge in [0.15, 0.2) is 0 Å². The van der Waals surface area contributed by atoms with Crippen LogP contribution in [0.2, 0.25) is 0 Å². The van der Waals surface area contributed by atoms with Crippen molar-refractivity contribution in [2.45, 2.75) is 25.5 Å². The molecule has 0 unspecified atom stereocenters. The monoisotopic (exact) mass is 264 g/mol. The van der Waals surface area contributed by atoms with Gasteiger partial charge in [-0.15, -0.1) is 0 Å². The molecule has 1 fully saturated rings. The summed E-state index contributed by atoms with van der Waals surface area (Å²) < 4.78 is 10.3. The van der Waals surface area contributed by atoms with Gasteiger partial charge >= 0.3 is 6.09 Å². The van der Waals surface area contributed by atoms with Crippen LogP contribution in [0.25, 0.3) is 0 Å². The SMILES string of the molecule is COc1cccc(COC(=O)NC2CCNCC2)c1. The molecule has 5 heteroatoms. The van der Waals surface area contributed by atoms with Gasteiger partial charge in [-0.25, -0.2) is 4.79 Å². The van der Waals surface area contributed by atoms with Gasteiger partial charge in [0.2, 0.25) is 0 Å². The first-order valence-electron chi connectivity index (χ1n) is 6.55. The average Bonchev–Trinajstić information content (AvgIpc) is 2.46. The van der Waals surface area contributed by atoms with Crippen LogP contribution in [0, 0.1) is 0 Å². The smallest absolute Gasteiger partial charge is 0.407 e. The highest BCUT2D eigenvalue weighted by atomic mass is 16.5. The number of carbonyl (C=O) groups is 1. The highest BCUT2D eigenvalue weighted by Crippen LogP contribution is 2.13. The van der Waals surface area contributed by atoms with E-state index < -0.39 is 0 Å². The lowest BCUT2D eigenvalue weighted by Crippen LogP contribution is -2.42. The molecule has 1 aromatic carbocycles. The van der Waals surface area contributed by atoms with Gasteiger partial charge in [-0.2, -0.15) is 0 Å². The highest BCUT2D eigenvalue weighted by molar-refractivity contribution is 5.67. The molecular formula is C14H20N2O3. The molecule has 0 bridgehead atoms. The molecule has 1 heterocycles. The number of hydrogen-bond donors (Lipinski definition) is 2. The molecule has 2 N–H and O–H groups in total. The maximum atomic E-state index is 11.7. The Kier molecular flexibility index (Phi) is 5.03. The summed E-state index contributed by atoms with van der Waals surface area (Å²) in [5.74, 6) is 0.764. The molecular weight excluding hydrogens is 244 g/mol. The number of piperidine rings is 1. The second-order valence-corrected chi connectivity index (χ2v) is 4.60. The summed E-state index contributed by atoms with van der Waals surface area (Å²) in [6.45, 7) is 2.15. The van der Waals surface area contributed by atoms with Crippen molar-refractivity contribution in [2.75, 3.05) is 20.2 Å². The van der Waals surface area contributed by atoms with Gasteiger partial charge in [-0.1, -0.05) is 12.1 Å². The molecule has 0 spiro atoms. The van der Waals surface area contributed by atoms with Crippen LogP contribution in [0.5, 0.6) is 5.75 Å². The number of carbonyl (C=O) groups excluding carboxylic acids is 1.